The Morgan fingerprint density at radius 3 is 2.78 bits per heavy atom. The quantitative estimate of drug-likeness (QED) is 0.877. The summed E-state index contributed by atoms with van der Waals surface area (Å²) in [7, 11) is 0. The molecule has 0 aliphatic rings. The fourth-order valence-corrected chi connectivity index (χ4v) is 1.81. The van der Waals surface area contributed by atoms with Crippen LogP contribution in [0.3, 0.4) is 0 Å². The maximum Gasteiger partial charge on any atom is 0.0969 e. The monoisotopic (exact) mass is 244 g/mol. The first-order valence-corrected chi connectivity index (χ1v) is 6.35. The van der Waals surface area contributed by atoms with E-state index in [1.165, 1.54) is 5.56 Å². The van der Waals surface area contributed by atoms with Gasteiger partial charge in [-0.3, -0.25) is 0 Å². The van der Waals surface area contributed by atoms with Crippen molar-refractivity contribution in [2.24, 2.45) is 5.92 Å². The largest absolute Gasteiger partial charge is 0.311 e. The van der Waals surface area contributed by atoms with Crippen LogP contribution in [0.1, 0.15) is 25.1 Å². The summed E-state index contributed by atoms with van der Waals surface area (Å²) >= 11 is 0. The number of hydrogen-bond acceptors (Lipinski definition) is 3. The van der Waals surface area contributed by atoms with Gasteiger partial charge >= 0.3 is 0 Å². The lowest BCUT2D eigenvalue weighted by atomic mass is 10.2. The molecule has 2 rings (SSSR count). The van der Waals surface area contributed by atoms with E-state index in [0.29, 0.717) is 5.92 Å². The molecular weight excluding hydrogens is 224 g/mol. The first-order chi connectivity index (χ1) is 8.66. The summed E-state index contributed by atoms with van der Waals surface area (Å²) in [5.41, 5.74) is 3.25. The molecule has 0 aliphatic carbocycles. The van der Waals surface area contributed by atoms with Crippen LogP contribution < -0.4 is 5.32 Å². The minimum atomic E-state index is 0.649. The number of aromatic nitrogens is 3. The van der Waals surface area contributed by atoms with Crippen LogP contribution in [-0.2, 0) is 6.54 Å². The van der Waals surface area contributed by atoms with Gasteiger partial charge < -0.3 is 5.32 Å². The van der Waals surface area contributed by atoms with E-state index in [1.54, 1.807) is 0 Å². The summed E-state index contributed by atoms with van der Waals surface area (Å²) in [5, 5.41) is 11.7. The number of nitrogens with zero attached hydrogens (tertiary/aromatic N) is 3. The zero-order chi connectivity index (χ0) is 13.0. The number of benzene rings is 1. The average Bonchev–Trinajstić information content (AvgIpc) is 2.78. The maximum atomic E-state index is 4.18. The van der Waals surface area contributed by atoms with Crippen molar-refractivity contribution in [3.63, 3.8) is 0 Å². The molecule has 4 nitrogen and oxygen atoms in total. The molecule has 0 radical (unpaired) electrons. The van der Waals surface area contributed by atoms with E-state index in [4.69, 9.17) is 0 Å². The second-order valence-electron chi connectivity index (χ2n) is 4.97. The summed E-state index contributed by atoms with van der Waals surface area (Å²) in [6.07, 6.45) is 1.98. The summed E-state index contributed by atoms with van der Waals surface area (Å²) in [4.78, 5) is 0. The number of hydrogen-bond donors (Lipinski definition) is 1. The molecule has 0 saturated carbocycles. The standard InChI is InChI=1S/C14H20N4/c1-11(2)8-15-9-13-10-18(17-16-13)14-7-5-4-6-12(14)3/h4-7,10-11,15H,8-9H2,1-3H3. The van der Waals surface area contributed by atoms with Gasteiger partial charge in [-0.1, -0.05) is 37.3 Å². The van der Waals surface area contributed by atoms with Crippen LogP contribution in [0.2, 0.25) is 0 Å². The fourth-order valence-electron chi connectivity index (χ4n) is 1.81. The molecule has 0 bridgehead atoms. The molecule has 0 spiro atoms. The van der Waals surface area contributed by atoms with Crippen molar-refractivity contribution in [1.82, 2.24) is 20.3 Å². The molecule has 2 aromatic rings. The van der Waals surface area contributed by atoms with Crippen molar-refractivity contribution >= 4 is 0 Å². The Bertz CT molecular complexity index is 502. The zero-order valence-corrected chi connectivity index (χ0v) is 11.2. The van der Waals surface area contributed by atoms with Gasteiger partial charge in [0.2, 0.25) is 0 Å². The Kier molecular flexibility index (Phi) is 4.10. The van der Waals surface area contributed by atoms with E-state index in [0.717, 1.165) is 24.5 Å². The van der Waals surface area contributed by atoms with E-state index >= 15 is 0 Å². The molecule has 1 heterocycles. The Morgan fingerprint density at radius 1 is 1.28 bits per heavy atom. The van der Waals surface area contributed by atoms with Crippen molar-refractivity contribution in [3.8, 4) is 5.69 Å². The smallest absolute Gasteiger partial charge is 0.0969 e. The molecule has 1 aromatic heterocycles. The Morgan fingerprint density at radius 2 is 2.06 bits per heavy atom. The van der Waals surface area contributed by atoms with Gasteiger partial charge in [0.05, 0.1) is 17.6 Å². The third-order valence-corrected chi connectivity index (χ3v) is 2.76. The second-order valence-corrected chi connectivity index (χ2v) is 4.97. The molecule has 1 aromatic carbocycles. The third-order valence-electron chi connectivity index (χ3n) is 2.76. The molecule has 18 heavy (non-hydrogen) atoms. The predicted molar refractivity (Wildman–Crippen MR) is 72.6 cm³/mol. The lowest BCUT2D eigenvalue weighted by Crippen LogP contribution is -2.19. The molecule has 0 aliphatic heterocycles. The zero-order valence-electron chi connectivity index (χ0n) is 11.2. The molecule has 0 atom stereocenters. The molecule has 4 heteroatoms. The van der Waals surface area contributed by atoms with Crippen molar-refractivity contribution in [2.75, 3.05) is 6.54 Å². The normalized spacial score (nSPS) is 11.1. The molecule has 0 unspecified atom stereocenters. The lowest BCUT2D eigenvalue weighted by Gasteiger charge is -2.05. The third kappa shape index (κ3) is 3.17. The molecule has 0 fully saturated rings. The van der Waals surface area contributed by atoms with Gasteiger partial charge in [-0.2, -0.15) is 0 Å². The van der Waals surface area contributed by atoms with Crippen LogP contribution in [0, 0.1) is 12.8 Å². The van der Waals surface area contributed by atoms with Gasteiger partial charge in [-0.05, 0) is 31.0 Å². The molecule has 0 saturated heterocycles. The molecule has 0 amide bonds. The molecular formula is C14H20N4. The van der Waals surface area contributed by atoms with E-state index in [-0.39, 0.29) is 0 Å². The van der Waals surface area contributed by atoms with Gasteiger partial charge in [0.1, 0.15) is 0 Å². The fraction of sp³-hybridized carbons (Fsp3) is 0.429. The van der Waals surface area contributed by atoms with Crippen molar-refractivity contribution in [3.05, 3.63) is 41.7 Å². The van der Waals surface area contributed by atoms with Crippen LogP contribution in [0.25, 0.3) is 5.69 Å². The van der Waals surface area contributed by atoms with Crippen molar-refractivity contribution in [2.45, 2.75) is 27.3 Å². The predicted octanol–water partition coefficient (Wildman–Crippen LogP) is 2.32. The Balaban J connectivity index is 2.04. The van der Waals surface area contributed by atoms with Crippen LogP contribution in [0.15, 0.2) is 30.5 Å². The van der Waals surface area contributed by atoms with E-state index in [1.807, 2.05) is 23.0 Å². The van der Waals surface area contributed by atoms with Gasteiger partial charge in [0.15, 0.2) is 0 Å². The van der Waals surface area contributed by atoms with E-state index in [2.05, 4.69) is 48.5 Å². The minimum absolute atomic E-state index is 0.649. The Hall–Kier alpha value is -1.68. The van der Waals surface area contributed by atoms with Gasteiger partial charge in [-0.15, -0.1) is 5.10 Å². The topological polar surface area (TPSA) is 42.7 Å². The highest BCUT2D eigenvalue weighted by Crippen LogP contribution is 2.11. The second kappa shape index (κ2) is 5.78. The van der Waals surface area contributed by atoms with E-state index in [9.17, 15) is 0 Å². The summed E-state index contributed by atoms with van der Waals surface area (Å²) < 4.78 is 1.84. The molecule has 1 N–H and O–H groups in total. The number of nitrogens with one attached hydrogen (secondary N) is 1. The highest BCUT2D eigenvalue weighted by molar-refractivity contribution is 5.38. The van der Waals surface area contributed by atoms with Crippen LogP contribution in [0.4, 0.5) is 0 Å². The van der Waals surface area contributed by atoms with Crippen LogP contribution in [0.5, 0.6) is 0 Å². The van der Waals surface area contributed by atoms with E-state index < -0.39 is 0 Å². The molecule has 96 valence electrons. The van der Waals surface area contributed by atoms with Gasteiger partial charge in [0.25, 0.3) is 0 Å². The first-order valence-electron chi connectivity index (χ1n) is 6.35. The highest BCUT2D eigenvalue weighted by atomic mass is 15.4. The van der Waals surface area contributed by atoms with Crippen LogP contribution in [-0.4, -0.2) is 21.5 Å². The summed E-state index contributed by atoms with van der Waals surface area (Å²) in [5.74, 6) is 0.649. The number of rotatable bonds is 5. The highest BCUT2D eigenvalue weighted by Gasteiger charge is 2.04. The summed E-state index contributed by atoms with van der Waals surface area (Å²) in [6, 6.07) is 8.17. The number of para-hydroxylation sites is 1. The van der Waals surface area contributed by atoms with Crippen LogP contribution >= 0.6 is 0 Å². The SMILES string of the molecule is Cc1ccccc1-n1cc(CNCC(C)C)nn1. The first kappa shape index (κ1) is 12.8. The van der Waals surface area contributed by atoms with Crippen molar-refractivity contribution in [1.29, 1.82) is 0 Å². The van der Waals surface area contributed by atoms with Crippen molar-refractivity contribution < 1.29 is 0 Å². The Labute approximate surface area is 108 Å². The number of aryl methyl sites for hydroxylation is 1. The lowest BCUT2D eigenvalue weighted by molar-refractivity contribution is 0.548. The summed E-state index contributed by atoms with van der Waals surface area (Å²) in [6.45, 7) is 8.23. The minimum Gasteiger partial charge on any atom is -0.311 e. The average molecular weight is 244 g/mol. The van der Waals surface area contributed by atoms with Gasteiger partial charge in [0, 0.05) is 6.54 Å². The maximum absolute atomic E-state index is 4.18. The van der Waals surface area contributed by atoms with Gasteiger partial charge in [-0.25, -0.2) is 4.68 Å².